The number of aliphatic hydroxyl groups is 2. The van der Waals surface area contributed by atoms with E-state index in [2.05, 4.69) is 10.2 Å². The van der Waals surface area contributed by atoms with Crippen LogP contribution in [-0.4, -0.2) is 139 Å². The summed E-state index contributed by atoms with van der Waals surface area (Å²) in [6.45, 7) is 17.8. The number of nitrogens with zero attached hydrogens (tertiary/aromatic N) is 2. The highest BCUT2D eigenvalue weighted by molar-refractivity contribution is 5.81. The second kappa shape index (κ2) is 19.6. The number of hydrogen-bond acceptors (Lipinski definition) is 11. The van der Waals surface area contributed by atoms with E-state index in [9.17, 15) is 19.8 Å². The monoisotopic (exact) mass is 792 g/mol. The Morgan fingerprint density at radius 2 is 1.59 bits per heavy atom. The first-order valence-electron chi connectivity index (χ1n) is 20.6. The standard InChI is InChI=1S/C43H73N3O10/c1-25-18-34(47)39(54-36-22-32(45(10)11)19-26(2)52-36)27(3)38(55-37-23-43(9,51-13)40(49)29(5)53-37)28(4)41(50)44-31(21-35(48)46(12)24-25)20-30-14-16-33(17-15-30)56-42(6,7)8/h14-17,25-29,31-32,34,36-40,47,49H,18-24H2,1-13H3,(H,44,50)/t25-,26-,27+,28-,29+,31?,32+,34-,36+,37+,38+,39-,40+,43-/m1/s1. The van der Waals surface area contributed by atoms with Gasteiger partial charge in [-0.1, -0.05) is 32.9 Å². The van der Waals surface area contributed by atoms with Crippen LogP contribution in [-0.2, 0) is 39.7 Å². The van der Waals surface area contributed by atoms with Gasteiger partial charge in [0.25, 0.3) is 0 Å². The van der Waals surface area contributed by atoms with E-state index in [1.165, 1.54) is 0 Å². The zero-order valence-electron chi connectivity index (χ0n) is 36.3. The summed E-state index contributed by atoms with van der Waals surface area (Å²) in [6.07, 6.45) is -3.05. The minimum atomic E-state index is -0.971. The Balaban J connectivity index is 1.71. The van der Waals surface area contributed by atoms with E-state index < -0.39 is 66.6 Å². The number of carbonyl (C=O) groups excluding carboxylic acids is 2. The average molecular weight is 792 g/mol. The second-order valence-electron chi connectivity index (χ2n) is 18.4. The number of rotatable bonds is 9. The predicted molar refractivity (Wildman–Crippen MR) is 214 cm³/mol. The lowest BCUT2D eigenvalue weighted by Crippen LogP contribution is -2.58. The molecule has 0 saturated carbocycles. The lowest BCUT2D eigenvalue weighted by molar-refractivity contribution is -0.303. The highest BCUT2D eigenvalue weighted by Crippen LogP contribution is 2.37. The Kier molecular flexibility index (Phi) is 16.2. The van der Waals surface area contributed by atoms with Crippen LogP contribution >= 0.6 is 0 Å². The number of benzene rings is 1. The zero-order valence-corrected chi connectivity index (χ0v) is 36.3. The number of aliphatic hydroxyl groups excluding tert-OH is 2. The maximum Gasteiger partial charge on any atom is 0.225 e. The van der Waals surface area contributed by atoms with Crippen molar-refractivity contribution in [1.29, 1.82) is 0 Å². The molecule has 4 rings (SSSR count). The normalized spacial score (nSPS) is 38.6. The van der Waals surface area contributed by atoms with Crippen molar-refractivity contribution in [1.82, 2.24) is 15.1 Å². The highest BCUT2D eigenvalue weighted by Gasteiger charge is 2.48. The van der Waals surface area contributed by atoms with Crippen molar-refractivity contribution in [3.8, 4) is 5.75 Å². The van der Waals surface area contributed by atoms with Gasteiger partial charge in [0.15, 0.2) is 12.6 Å². The van der Waals surface area contributed by atoms with Gasteiger partial charge in [-0.15, -0.1) is 0 Å². The fraction of sp³-hybridized carbons (Fsp3) is 0.814. The molecule has 0 bridgehead atoms. The average Bonchev–Trinajstić information content (AvgIpc) is 3.10. The summed E-state index contributed by atoms with van der Waals surface area (Å²) >= 11 is 0. The third kappa shape index (κ3) is 12.6. The number of hydrogen-bond donors (Lipinski definition) is 3. The number of methoxy groups -OCH3 is 1. The van der Waals surface area contributed by atoms with Crippen LogP contribution in [0, 0.1) is 17.8 Å². The Hall–Kier alpha value is -2.36. The number of ether oxygens (including phenoxy) is 6. The maximum absolute atomic E-state index is 14.5. The molecule has 56 heavy (non-hydrogen) atoms. The molecule has 320 valence electrons. The molecule has 13 heteroatoms. The fourth-order valence-corrected chi connectivity index (χ4v) is 8.52. The summed E-state index contributed by atoms with van der Waals surface area (Å²) in [5.41, 5.74) is -0.353. The van der Waals surface area contributed by atoms with Gasteiger partial charge < -0.3 is 53.8 Å². The van der Waals surface area contributed by atoms with Crippen molar-refractivity contribution >= 4 is 11.8 Å². The fourth-order valence-electron chi connectivity index (χ4n) is 8.52. The van der Waals surface area contributed by atoms with E-state index in [0.717, 1.165) is 17.7 Å². The second-order valence-corrected chi connectivity index (χ2v) is 18.4. The first kappa shape index (κ1) is 46.3. The highest BCUT2D eigenvalue weighted by atomic mass is 16.7. The largest absolute Gasteiger partial charge is 0.488 e. The third-order valence-corrected chi connectivity index (χ3v) is 11.8. The van der Waals surface area contributed by atoms with E-state index in [4.69, 9.17) is 28.4 Å². The molecular formula is C43H73N3O10. The molecule has 3 fully saturated rings. The number of carbonyl (C=O) groups is 2. The summed E-state index contributed by atoms with van der Waals surface area (Å²) < 4.78 is 38.0. The first-order chi connectivity index (χ1) is 26.1. The van der Waals surface area contributed by atoms with Crippen LogP contribution in [0.3, 0.4) is 0 Å². The molecule has 0 aliphatic carbocycles. The van der Waals surface area contributed by atoms with E-state index in [1.807, 2.05) is 86.8 Å². The first-order valence-corrected chi connectivity index (χ1v) is 20.6. The van der Waals surface area contributed by atoms with E-state index in [1.54, 1.807) is 32.9 Å². The van der Waals surface area contributed by atoms with Gasteiger partial charge in [0, 0.05) is 58.0 Å². The van der Waals surface area contributed by atoms with Crippen molar-refractivity contribution in [2.45, 2.75) is 173 Å². The molecule has 3 aliphatic rings. The SMILES string of the molecule is CO[C@]1(C)C[C@H](O[C@H]2[C@H](C)[C@@H](O[C@H]3C[C@@H](N(C)C)C[C@@H](C)O3)[C@H](O)C[C@@H](C)CN(C)C(=O)CC(Cc3ccc(OC(C)(C)C)cc3)NC(=O)[C@@H]2C)O[C@@H](C)[C@@H]1O. The van der Waals surface area contributed by atoms with Gasteiger partial charge in [0.2, 0.25) is 11.8 Å². The molecule has 1 aromatic rings. The van der Waals surface area contributed by atoms with E-state index in [-0.39, 0.29) is 48.3 Å². The minimum Gasteiger partial charge on any atom is -0.488 e. The summed E-state index contributed by atoms with van der Waals surface area (Å²) in [4.78, 5) is 32.1. The Bertz CT molecular complexity index is 1410. The van der Waals surface area contributed by atoms with E-state index >= 15 is 0 Å². The lowest BCUT2D eigenvalue weighted by Gasteiger charge is -2.47. The van der Waals surface area contributed by atoms with Crippen LogP contribution < -0.4 is 10.1 Å². The van der Waals surface area contributed by atoms with Crippen LogP contribution in [0.5, 0.6) is 5.75 Å². The van der Waals surface area contributed by atoms with Crippen molar-refractivity contribution in [2.24, 2.45) is 17.8 Å². The van der Waals surface area contributed by atoms with Gasteiger partial charge in [-0.2, -0.15) is 0 Å². The molecule has 14 atom stereocenters. The van der Waals surface area contributed by atoms with Crippen molar-refractivity contribution in [3.63, 3.8) is 0 Å². The molecule has 3 aliphatic heterocycles. The molecule has 3 saturated heterocycles. The van der Waals surface area contributed by atoms with Crippen molar-refractivity contribution < 1.29 is 48.2 Å². The van der Waals surface area contributed by atoms with Crippen LogP contribution in [0.2, 0.25) is 0 Å². The lowest BCUT2D eigenvalue weighted by atomic mass is 9.83. The Labute approximate surface area is 336 Å². The van der Waals surface area contributed by atoms with Gasteiger partial charge >= 0.3 is 0 Å². The quantitative estimate of drug-likeness (QED) is 0.324. The molecule has 13 nitrogen and oxygen atoms in total. The van der Waals surface area contributed by atoms with Crippen LogP contribution in [0.25, 0.3) is 0 Å². The molecular weight excluding hydrogens is 718 g/mol. The van der Waals surface area contributed by atoms with Gasteiger partial charge in [-0.25, -0.2) is 0 Å². The summed E-state index contributed by atoms with van der Waals surface area (Å²) in [5, 5.41) is 26.2. The van der Waals surface area contributed by atoms with Gasteiger partial charge in [0.1, 0.15) is 17.5 Å². The molecule has 1 aromatic carbocycles. The Morgan fingerprint density at radius 3 is 2.20 bits per heavy atom. The predicted octanol–water partition coefficient (Wildman–Crippen LogP) is 4.54. The maximum atomic E-state index is 14.5. The van der Waals surface area contributed by atoms with Gasteiger partial charge in [-0.3, -0.25) is 9.59 Å². The smallest absolute Gasteiger partial charge is 0.225 e. The summed E-state index contributed by atoms with van der Waals surface area (Å²) in [6, 6.07) is 7.46. The Morgan fingerprint density at radius 1 is 0.946 bits per heavy atom. The molecule has 0 radical (unpaired) electrons. The van der Waals surface area contributed by atoms with Crippen LogP contribution in [0.4, 0.5) is 0 Å². The third-order valence-electron chi connectivity index (χ3n) is 11.8. The number of nitrogens with one attached hydrogen (secondary N) is 1. The topological polar surface area (TPSA) is 148 Å². The molecule has 3 heterocycles. The van der Waals surface area contributed by atoms with Crippen molar-refractivity contribution in [3.05, 3.63) is 29.8 Å². The van der Waals surface area contributed by atoms with Crippen LogP contribution in [0.15, 0.2) is 24.3 Å². The molecule has 3 N–H and O–H groups in total. The van der Waals surface area contributed by atoms with Gasteiger partial charge in [-0.05, 0) is 98.5 Å². The van der Waals surface area contributed by atoms with Crippen LogP contribution in [0.1, 0.15) is 100.0 Å². The molecule has 0 aromatic heterocycles. The van der Waals surface area contributed by atoms with Crippen molar-refractivity contribution in [2.75, 3.05) is 34.8 Å². The summed E-state index contributed by atoms with van der Waals surface area (Å²) in [5.74, 6) is -1.06. The number of amides is 2. The molecule has 1 unspecified atom stereocenters. The van der Waals surface area contributed by atoms with E-state index in [0.29, 0.717) is 25.8 Å². The zero-order chi connectivity index (χ0) is 41.7. The minimum absolute atomic E-state index is 0.0585. The van der Waals surface area contributed by atoms with Gasteiger partial charge in [0.05, 0.1) is 42.0 Å². The summed E-state index contributed by atoms with van der Waals surface area (Å²) in [7, 11) is 7.41. The molecule has 2 amide bonds. The molecule has 0 spiro atoms.